The first-order valence-electron chi connectivity index (χ1n) is 6.26. The van der Waals surface area contributed by atoms with E-state index < -0.39 is 0 Å². The first-order valence-corrected chi connectivity index (χ1v) is 7.01. The predicted octanol–water partition coefficient (Wildman–Crippen LogP) is 2.79. The molecule has 102 valence electrons. The van der Waals surface area contributed by atoms with Crippen LogP contribution in [-0.4, -0.2) is 31.7 Å². The Morgan fingerprint density at radius 2 is 2.11 bits per heavy atom. The molecule has 1 aromatic rings. The number of carbonyl (C=O) groups is 1. The lowest BCUT2D eigenvalue weighted by molar-refractivity contribution is -0.120. The average molecular weight is 301 g/mol. The highest BCUT2D eigenvalue weighted by Gasteiger charge is 2.41. The first kappa shape index (κ1) is 13.0. The van der Waals surface area contributed by atoms with Crippen LogP contribution in [0.5, 0.6) is 0 Å². The molecule has 2 aliphatic rings. The monoisotopic (exact) mass is 300 g/mol. The molecule has 2 atom stereocenters. The van der Waals surface area contributed by atoms with Crippen molar-refractivity contribution in [2.75, 3.05) is 30.0 Å². The Balaban J connectivity index is 2.13. The maximum atomic E-state index is 12.2. The summed E-state index contributed by atoms with van der Waals surface area (Å²) in [5.74, 6) is -0.164. The summed E-state index contributed by atoms with van der Waals surface area (Å²) in [6.07, 6.45) is 0. The highest BCUT2D eigenvalue weighted by atomic mass is 35.5. The number of likely N-dealkylation sites (N-methyl/N-ethyl adjacent to an activating group) is 1. The van der Waals surface area contributed by atoms with E-state index in [9.17, 15) is 4.79 Å². The summed E-state index contributed by atoms with van der Waals surface area (Å²) in [6, 6.07) is 3.58. The van der Waals surface area contributed by atoms with Gasteiger partial charge < -0.3 is 15.0 Å². The summed E-state index contributed by atoms with van der Waals surface area (Å²) in [6.45, 7) is 3.86. The van der Waals surface area contributed by atoms with Crippen LogP contribution in [-0.2, 0) is 9.53 Å². The molecule has 1 amide bonds. The van der Waals surface area contributed by atoms with Crippen LogP contribution < -0.4 is 10.2 Å². The van der Waals surface area contributed by atoms with E-state index in [1.54, 1.807) is 6.07 Å². The lowest BCUT2D eigenvalue weighted by Crippen LogP contribution is -2.42. The molecule has 0 aromatic heterocycles. The van der Waals surface area contributed by atoms with Gasteiger partial charge in [-0.25, -0.2) is 0 Å². The number of rotatable bonds is 1. The summed E-state index contributed by atoms with van der Waals surface area (Å²) < 4.78 is 5.46. The SMILES string of the molecule is CCN1c2cc(Cl)c(Cl)cc2NC(=O)C2COCC21. The summed E-state index contributed by atoms with van der Waals surface area (Å²) in [4.78, 5) is 14.4. The quantitative estimate of drug-likeness (QED) is 0.867. The Hall–Kier alpha value is -0.970. The largest absolute Gasteiger partial charge is 0.378 e. The van der Waals surface area contributed by atoms with Crippen molar-refractivity contribution < 1.29 is 9.53 Å². The van der Waals surface area contributed by atoms with Gasteiger partial charge in [-0.05, 0) is 19.1 Å². The minimum absolute atomic E-state index is 0.0157. The number of halogens is 2. The van der Waals surface area contributed by atoms with Crippen LogP contribution >= 0.6 is 23.2 Å². The number of nitrogens with zero attached hydrogens (tertiary/aromatic N) is 1. The van der Waals surface area contributed by atoms with Gasteiger partial charge in [-0.15, -0.1) is 0 Å². The molecule has 1 saturated heterocycles. The number of hydrogen-bond acceptors (Lipinski definition) is 3. The number of nitrogens with one attached hydrogen (secondary N) is 1. The second-order valence-corrected chi connectivity index (χ2v) is 5.58. The molecule has 0 spiro atoms. The van der Waals surface area contributed by atoms with Gasteiger partial charge >= 0.3 is 0 Å². The zero-order valence-corrected chi connectivity index (χ0v) is 12.0. The van der Waals surface area contributed by atoms with Gasteiger partial charge in [-0.2, -0.15) is 0 Å². The van der Waals surface area contributed by atoms with Crippen LogP contribution in [0.15, 0.2) is 12.1 Å². The van der Waals surface area contributed by atoms with Crippen LogP contribution in [0.3, 0.4) is 0 Å². The van der Waals surface area contributed by atoms with Gasteiger partial charge in [0.25, 0.3) is 0 Å². The van der Waals surface area contributed by atoms with Crippen LogP contribution in [0.2, 0.25) is 10.0 Å². The summed E-state index contributed by atoms with van der Waals surface area (Å²) in [5, 5.41) is 3.86. The third kappa shape index (κ3) is 2.08. The molecular weight excluding hydrogens is 287 g/mol. The van der Waals surface area contributed by atoms with Crippen LogP contribution in [0, 0.1) is 5.92 Å². The van der Waals surface area contributed by atoms with E-state index in [2.05, 4.69) is 17.1 Å². The van der Waals surface area contributed by atoms with E-state index >= 15 is 0 Å². The van der Waals surface area contributed by atoms with Crippen molar-refractivity contribution in [2.24, 2.45) is 5.92 Å². The number of anilines is 2. The van der Waals surface area contributed by atoms with Gasteiger partial charge in [-0.1, -0.05) is 23.2 Å². The normalized spacial score (nSPS) is 25.6. The third-order valence-corrected chi connectivity index (χ3v) is 4.46. The second-order valence-electron chi connectivity index (χ2n) is 4.77. The van der Waals surface area contributed by atoms with Gasteiger partial charge in [0.15, 0.2) is 0 Å². The van der Waals surface area contributed by atoms with Gasteiger partial charge in [0.05, 0.1) is 46.6 Å². The highest BCUT2D eigenvalue weighted by Crippen LogP contribution is 2.40. The Kier molecular flexibility index (Phi) is 3.33. The molecule has 2 unspecified atom stereocenters. The van der Waals surface area contributed by atoms with Gasteiger partial charge in [0, 0.05) is 6.54 Å². The van der Waals surface area contributed by atoms with Crippen molar-refractivity contribution in [2.45, 2.75) is 13.0 Å². The zero-order chi connectivity index (χ0) is 13.6. The number of ether oxygens (including phenoxy) is 1. The van der Waals surface area contributed by atoms with Crippen molar-refractivity contribution in [1.82, 2.24) is 0 Å². The Morgan fingerprint density at radius 1 is 1.37 bits per heavy atom. The highest BCUT2D eigenvalue weighted by molar-refractivity contribution is 6.42. The van der Waals surface area contributed by atoms with Gasteiger partial charge in [0.1, 0.15) is 0 Å². The molecule has 1 fully saturated rings. The van der Waals surface area contributed by atoms with Crippen molar-refractivity contribution in [3.8, 4) is 0 Å². The minimum Gasteiger partial charge on any atom is -0.378 e. The molecule has 0 aliphatic carbocycles. The van der Waals surface area contributed by atoms with Gasteiger partial charge in [0.2, 0.25) is 5.91 Å². The minimum atomic E-state index is -0.148. The van der Waals surface area contributed by atoms with Crippen LogP contribution in [0.25, 0.3) is 0 Å². The molecule has 19 heavy (non-hydrogen) atoms. The molecule has 0 radical (unpaired) electrons. The number of carbonyl (C=O) groups excluding carboxylic acids is 1. The lowest BCUT2D eigenvalue weighted by atomic mass is 10.0. The standard InChI is InChI=1S/C13H14Cl2N2O2/c1-2-17-11-4-9(15)8(14)3-10(11)16-13(18)7-5-19-6-12(7)17/h3-4,7,12H,2,5-6H2,1H3,(H,16,18). The fourth-order valence-corrected chi connectivity index (χ4v) is 3.11. The molecule has 6 heteroatoms. The maximum Gasteiger partial charge on any atom is 0.232 e. The fraction of sp³-hybridized carbons (Fsp3) is 0.462. The summed E-state index contributed by atoms with van der Waals surface area (Å²) >= 11 is 12.1. The molecule has 0 bridgehead atoms. The zero-order valence-electron chi connectivity index (χ0n) is 10.5. The Morgan fingerprint density at radius 3 is 2.84 bits per heavy atom. The number of benzene rings is 1. The Labute approximate surface area is 121 Å². The van der Waals surface area contributed by atoms with E-state index in [1.165, 1.54) is 0 Å². The topological polar surface area (TPSA) is 41.6 Å². The van der Waals surface area contributed by atoms with E-state index in [0.29, 0.717) is 23.3 Å². The van der Waals surface area contributed by atoms with Crippen LogP contribution in [0.1, 0.15) is 6.92 Å². The number of amides is 1. The lowest BCUT2D eigenvalue weighted by Gasteiger charge is -2.30. The predicted molar refractivity (Wildman–Crippen MR) is 76.2 cm³/mol. The molecule has 1 aromatic carbocycles. The van der Waals surface area contributed by atoms with Crippen molar-refractivity contribution in [3.05, 3.63) is 22.2 Å². The fourth-order valence-electron chi connectivity index (χ4n) is 2.78. The molecule has 2 heterocycles. The van der Waals surface area contributed by atoms with E-state index in [0.717, 1.165) is 17.9 Å². The van der Waals surface area contributed by atoms with Crippen molar-refractivity contribution >= 4 is 40.5 Å². The molecule has 4 nitrogen and oxygen atoms in total. The Bertz CT molecular complexity index is 536. The van der Waals surface area contributed by atoms with Gasteiger partial charge in [-0.3, -0.25) is 4.79 Å². The average Bonchev–Trinajstić information content (AvgIpc) is 2.81. The molecule has 0 saturated carbocycles. The molecular formula is C13H14Cl2N2O2. The van der Waals surface area contributed by atoms with E-state index in [1.807, 2.05) is 6.07 Å². The number of hydrogen-bond donors (Lipinski definition) is 1. The summed E-state index contributed by atoms with van der Waals surface area (Å²) in [5.41, 5.74) is 1.62. The first-order chi connectivity index (χ1) is 9.11. The number of fused-ring (bicyclic) bond motifs is 2. The third-order valence-electron chi connectivity index (χ3n) is 3.73. The molecule has 1 N–H and O–H groups in total. The molecule has 3 rings (SSSR count). The van der Waals surface area contributed by atoms with Crippen molar-refractivity contribution in [3.63, 3.8) is 0 Å². The summed E-state index contributed by atoms with van der Waals surface area (Å²) in [7, 11) is 0. The van der Waals surface area contributed by atoms with E-state index in [4.69, 9.17) is 27.9 Å². The van der Waals surface area contributed by atoms with E-state index in [-0.39, 0.29) is 17.9 Å². The van der Waals surface area contributed by atoms with Crippen LogP contribution in [0.4, 0.5) is 11.4 Å². The maximum absolute atomic E-state index is 12.2. The second kappa shape index (κ2) is 4.85. The molecule has 2 aliphatic heterocycles. The van der Waals surface area contributed by atoms with Crippen molar-refractivity contribution in [1.29, 1.82) is 0 Å². The smallest absolute Gasteiger partial charge is 0.232 e.